The molecule has 0 spiro atoms. The molecule has 2 aromatic carbocycles. The molecule has 1 unspecified atom stereocenters. The summed E-state index contributed by atoms with van der Waals surface area (Å²) < 4.78 is 13.3. The van der Waals surface area contributed by atoms with Gasteiger partial charge in [0.1, 0.15) is 11.6 Å². The van der Waals surface area contributed by atoms with Crippen LogP contribution in [-0.2, 0) is 0 Å². The van der Waals surface area contributed by atoms with Gasteiger partial charge in [0, 0.05) is 24.4 Å². The average Bonchev–Trinajstić information content (AvgIpc) is 2.98. The van der Waals surface area contributed by atoms with E-state index in [1.807, 2.05) is 30.3 Å². The first-order chi connectivity index (χ1) is 12.6. The van der Waals surface area contributed by atoms with Crippen LogP contribution in [0, 0.1) is 5.82 Å². The highest BCUT2D eigenvalue weighted by molar-refractivity contribution is 6.04. The number of nitrogens with one attached hydrogen (secondary N) is 2. The molecule has 1 aliphatic rings. The number of hydrogen-bond acceptors (Lipinski definition) is 4. The maximum atomic E-state index is 13.3. The van der Waals surface area contributed by atoms with E-state index < -0.39 is 0 Å². The first kappa shape index (κ1) is 16.2. The van der Waals surface area contributed by atoms with E-state index in [4.69, 9.17) is 0 Å². The number of aromatic nitrogens is 1. The first-order valence-corrected chi connectivity index (χ1v) is 8.23. The van der Waals surface area contributed by atoms with Crippen molar-refractivity contribution in [2.45, 2.75) is 6.04 Å². The summed E-state index contributed by atoms with van der Waals surface area (Å²) in [5.74, 6) is 0.00769. The van der Waals surface area contributed by atoms with Crippen molar-refractivity contribution in [1.29, 1.82) is 0 Å². The Morgan fingerprint density at radius 1 is 1.15 bits per heavy atom. The predicted molar refractivity (Wildman–Crippen MR) is 98.3 cm³/mol. The molecule has 3 aromatic rings. The molecule has 1 aromatic heterocycles. The standard InChI is InChI=1S/C20H17FN4O/c1-25-19(13-5-8-15(21)9-6-13)16-12-14(7-10-17(16)24-25)20(26)23-18-4-2-3-11-22-18/h2-12,19,24H,1H3,(H,22,23,26). The number of hydrazine groups is 1. The van der Waals surface area contributed by atoms with Crippen LogP contribution in [-0.4, -0.2) is 22.9 Å². The van der Waals surface area contributed by atoms with E-state index in [-0.39, 0.29) is 17.8 Å². The first-order valence-electron chi connectivity index (χ1n) is 8.23. The van der Waals surface area contributed by atoms with Crippen LogP contribution in [0.4, 0.5) is 15.9 Å². The van der Waals surface area contributed by atoms with Gasteiger partial charge in [-0.05, 0) is 48.0 Å². The Kier molecular flexibility index (Phi) is 4.10. The summed E-state index contributed by atoms with van der Waals surface area (Å²) in [7, 11) is 1.92. The van der Waals surface area contributed by atoms with Gasteiger partial charge in [0.15, 0.2) is 0 Å². The van der Waals surface area contributed by atoms with E-state index in [9.17, 15) is 9.18 Å². The Morgan fingerprint density at radius 3 is 2.69 bits per heavy atom. The molecule has 2 N–H and O–H groups in total. The van der Waals surface area contributed by atoms with Crippen molar-refractivity contribution in [3.8, 4) is 0 Å². The lowest BCUT2D eigenvalue weighted by Crippen LogP contribution is -2.23. The molecule has 0 saturated carbocycles. The predicted octanol–water partition coefficient (Wildman–Crippen LogP) is 3.83. The van der Waals surface area contributed by atoms with Crippen LogP contribution in [0.3, 0.4) is 0 Å². The minimum Gasteiger partial charge on any atom is -0.318 e. The van der Waals surface area contributed by atoms with E-state index in [2.05, 4.69) is 15.7 Å². The van der Waals surface area contributed by atoms with Gasteiger partial charge < -0.3 is 10.7 Å². The monoisotopic (exact) mass is 348 g/mol. The third-order valence-corrected chi connectivity index (χ3v) is 4.38. The number of carbonyl (C=O) groups excluding carboxylic acids is 1. The summed E-state index contributed by atoms with van der Waals surface area (Å²) >= 11 is 0. The summed E-state index contributed by atoms with van der Waals surface area (Å²) in [6.07, 6.45) is 1.63. The average molecular weight is 348 g/mol. The van der Waals surface area contributed by atoms with Crippen molar-refractivity contribution < 1.29 is 9.18 Å². The summed E-state index contributed by atoms with van der Waals surface area (Å²) in [6, 6.07) is 17.1. The zero-order valence-electron chi connectivity index (χ0n) is 14.1. The third kappa shape index (κ3) is 3.02. The van der Waals surface area contributed by atoms with E-state index in [0.717, 1.165) is 16.8 Å². The van der Waals surface area contributed by atoms with Crippen LogP contribution in [0.2, 0.25) is 0 Å². The van der Waals surface area contributed by atoms with Crippen molar-refractivity contribution >= 4 is 17.4 Å². The van der Waals surface area contributed by atoms with Crippen LogP contribution in [0.1, 0.15) is 27.5 Å². The highest BCUT2D eigenvalue weighted by Crippen LogP contribution is 2.39. The topological polar surface area (TPSA) is 57.3 Å². The molecule has 130 valence electrons. The second-order valence-electron chi connectivity index (χ2n) is 6.15. The minimum atomic E-state index is -0.272. The molecule has 0 radical (unpaired) electrons. The SMILES string of the molecule is CN1Nc2ccc(C(=O)Nc3ccccn3)cc2C1c1ccc(F)cc1. The number of nitrogens with zero attached hydrogens (tertiary/aromatic N) is 2. The number of benzene rings is 2. The van der Waals surface area contributed by atoms with Crippen LogP contribution in [0.15, 0.2) is 66.9 Å². The Morgan fingerprint density at radius 2 is 1.96 bits per heavy atom. The zero-order chi connectivity index (χ0) is 18.1. The van der Waals surface area contributed by atoms with Crippen LogP contribution in [0.25, 0.3) is 0 Å². The second-order valence-corrected chi connectivity index (χ2v) is 6.15. The molecule has 0 fully saturated rings. The Hall–Kier alpha value is -3.25. The quantitative estimate of drug-likeness (QED) is 0.755. The van der Waals surface area contributed by atoms with E-state index in [1.54, 1.807) is 36.5 Å². The smallest absolute Gasteiger partial charge is 0.256 e. The Bertz CT molecular complexity index is 944. The fourth-order valence-corrected chi connectivity index (χ4v) is 3.17. The maximum Gasteiger partial charge on any atom is 0.256 e. The lowest BCUT2D eigenvalue weighted by molar-refractivity contribution is 0.102. The number of rotatable bonds is 3. The molecule has 1 atom stereocenters. The van der Waals surface area contributed by atoms with Crippen LogP contribution >= 0.6 is 0 Å². The minimum absolute atomic E-state index is 0.104. The highest BCUT2D eigenvalue weighted by Gasteiger charge is 2.29. The fourth-order valence-electron chi connectivity index (χ4n) is 3.17. The molecule has 1 amide bonds. The van der Waals surface area contributed by atoms with E-state index in [0.29, 0.717) is 11.4 Å². The van der Waals surface area contributed by atoms with Gasteiger partial charge in [-0.2, -0.15) is 0 Å². The van der Waals surface area contributed by atoms with Gasteiger partial charge in [-0.15, -0.1) is 0 Å². The second kappa shape index (κ2) is 6.57. The number of amides is 1. The van der Waals surface area contributed by atoms with Crippen molar-refractivity contribution in [3.63, 3.8) is 0 Å². The molecule has 2 heterocycles. The van der Waals surface area contributed by atoms with Crippen LogP contribution < -0.4 is 10.7 Å². The van der Waals surface area contributed by atoms with E-state index in [1.165, 1.54) is 12.1 Å². The number of fused-ring (bicyclic) bond motifs is 1. The van der Waals surface area contributed by atoms with Crippen molar-refractivity contribution in [1.82, 2.24) is 9.99 Å². The van der Waals surface area contributed by atoms with Gasteiger partial charge in [0.05, 0.1) is 11.7 Å². The largest absolute Gasteiger partial charge is 0.318 e. The lowest BCUT2D eigenvalue weighted by atomic mass is 9.96. The fraction of sp³-hybridized carbons (Fsp3) is 0.100. The molecule has 0 bridgehead atoms. The Balaban J connectivity index is 1.65. The van der Waals surface area contributed by atoms with Gasteiger partial charge >= 0.3 is 0 Å². The van der Waals surface area contributed by atoms with Gasteiger partial charge in [0.25, 0.3) is 5.91 Å². The summed E-state index contributed by atoms with van der Waals surface area (Å²) in [5, 5.41) is 4.73. The van der Waals surface area contributed by atoms with Gasteiger partial charge in [-0.1, -0.05) is 18.2 Å². The summed E-state index contributed by atoms with van der Waals surface area (Å²) in [6.45, 7) is 0. The van der Waals surface area contributed by atoms with Gasteiger partial charge in [-0.3, -0.25) is 4.79 Å². The molecule has 1 aliphatic heterocycles. The maximum absolute atomic E-state index is 13.3. The number of hydrogen-bond donors (Lipinski definition) is 2. The van der Waals surface area contributed by atoms with Crippen molar-refractivity contribution in [2.75, 3.05) is 17.8 Å². The molecule has 26 heavy (non-hydrogen) atoms. The van der Waals surface area contributed by atoms with Gasteiger partial charge in [-0.25, -0.2) is 14.4 Å². The Labute approximate surface area is 150 Å². The van der Waals surface area contributed by atoms with Crippen LogP contribution in [0.5, 0.6) is 0 Å². The lowest BCUT2D eigenvalue weighted by Gasteiger charge is -2.20. The number of anilines is 2. The number of pyridine rings is 1. The third-order valence-electron chi connectivity index (χ3n) is 4.38. The summed E-state index contributed by atoms with van der Waals surface area (Å²) in [4.78, 5) is 16.7. The molecule has 0 saturated heterocycles. The number of halogens is 1. The van der Waals surface area contributed by atoms with Crippen molar-refractivity contribution in [2.24, 2.45) is 0 Å². The molecule has 0 aliphatic carbocycles. The zero-order valence-corrected chi connectivity index (χ0v) is 14.1. The summed E-state index contributed by atoms with van der Waals surface area (Å²) in [5.41, 5.74) is 6.65. The number of carbonyl (C=O) groups is 1. The van der Waals surface area contributed by atoms with Crippen molar-refractivity contribution in [3.05, 3.63) is 89.4 Å². The molecule has 6 heteroatoms. The molecule has 4 rings (SSSR count). The van der Waals surface area contributed by atoms with E-state index >= 15 is 0 Å². The highest BCUT2D eigenvalue weighted by atomic mass is 19.1. The van der Waals surface area contributed by atoms with Gasteiger partial charge in [0.2, 0.25) is 0 Å². The molecular weight excluding hydrogens is 331 g/mol. The molecular formula is C20H17FN4O. The normalized spacial score (nSPS) is 16.0. The molecule has 5 nitrogen and oxygen atoms in total.